The van der Waals surface area contributed by atoms with Crippen LogP contribution in [0.4, 0.5) is 0 Å². The Hall–Kier alpha value is -1.51. The molecular weight excluding hydrogens is 455 g/mol. The van der Waals surface area contributed by atoms with Gasteiger partial charge in [-0.2, -0.15) is 0 Å². The molecular formula is C20H33IN4O2. The van der Waals surface area contributed by atoms with E-state index in [9.17, 15) is 4.79 Å². The molecule has 1 fully saturated rings. The summed E-state index contributed by atoms with van der Waals surface area (Å²) >= 11 is 0. The Kier molecular flexibility index (Phi) is 10.5. The fourth-order valence-electron chi connectivity index (χ4n) is 3.38. The van der Waals surface area contributed by atoms with Gasteiger partial charge in [-0.3, -0.25) is 9.79 Å². The Morgan fingerprint density at radius 3 is 2.59 bits per heavy atom. The van der Waals surface area contributed by atoms with E-state index in [2.05, 4.69) is 34.4 Å². The van der Waals surface area contributed by atoms with E-state index >= 15 is 0 Å². The van der Waals surface area contributed by atoms with Gasteiger partial charge in [0.15, 0.2) is 5.96 Å². The van der Waals surface area contributed by atoms with Crippen molar-refractivity contribution in [1.82, 2.24) is 15.5 Å². The maximum atomic E-state index is 12.1. The average Bonchev–Trinajstić information content (AvgIpc) is 3.08. The fourth-order valence-corrected chi connectivity index (χ4v) is 3.38. The summed E-state index contributed by atoms with van der Waals surface area (Å²) in [5.74, 6) is 3.03. The molecule has 1 saturated heterocycles. The van der Waals surface area contributed by atoms with Crippen molar-refractivity contribution >= 4 is 35.8 Å². The topological polar surface area (TPSA) is 66.0 Å². The summed E-state index contributed by atoms with van der Waals surface area (Å²) in [4.78, 5) is 18.7. The molecule has 1 unspecified atom stereocenters. The zero-order chi connectivity index (χ0) is 18.9. The lowest BCUT2D eigenvalue weighted by atomic mass is 9.97. The van der Waals surface area contributed by atoms with Crippen LogP contribution in [0.5, 0.6) is 5.75 Å². The number of carbonyl (C=O) groups excluding carboxylic acids is 1. The van der Waals surface area contributed by atoms with Gasteiger partial charge in [0.05, 0.1) is 13.7 Å². The first-order valence-corrected chi connectivity index (χ1v) is 9.37. The first-order chi connectivity index (χ1) is 12.5. The molecule has 0 aromatic heterocycles. The van der Waals surface area contributed by atoms with Crippen molar-refractivity contribution in [2.45, 2.75) is 33.2 Å². The minimum Gasteiger partial charge on any atom is -0.497 e. The number of nitrogens with zero attached hydrogens (tertiary/aromatic N) is 2. The Balaban J connectivity index is 0.00000364. The number of nitrogens with one attached hydrogen (secondary N) is 2. The molecule has 1 atom stereocenters. The van der Waals surface area contributed by atoms with Crippen molar-refractivity contribution < 1.29 is 9.53 Å². The van der Waals surface area contributed by atoms with Crippen LogP contribution >= 0.6 is 24.0 Å². The summed E-state index contributed by atoms with van der Waals surface area (Å²) in [5.41, 5.74) is 1.04. The van der Waals surface area contributed by atoms with Crippen molar-refractivity contribution in [2.75, 3.05) is 33.8 Å². The first-order valence-electron chi connectivity index (χ1n) is 9.37. The van der Waals surface area contributed by atoms with Gasteiger partial charge in [-0.25, -0.2) is 0 Å². The monoisotopic (exact) mass is 488 g/mol. The lowest BCUT2D eigenvalue weighted by Gasteiger charge is -2.22. The van der Waals surface area contributed by atoms with Crippen LogP contribution in [0.3, 0.4) is 0 Å². The second kappa shape index (κ2) is 12.0. The highest BCUT2D eigenvalue weighted by atomic mass is 127. The number of ether oxygens (including phenoxy) is 1. The summed E-state index contributed by atoms with van der Waals surface area (Å²) in [5, 5.41) is 6.11. The van der Waals surface area contributed by atoms with E-state index in [1.165, 1.54) is 12.8 Å². The number of amides is 1. The van der Waals surface area contributed by atoms with Crippen molar-refractivity contribution in [3.63, 3.8) is 0 Å². The van der Waals surface area contributed by atoms with Crippen LogP contribution in [0.1, 0.15) is 32.3 Å². The van der Waals surface area contributed by atoms with Crippen LogP contribution in [0.25, 0.3) is 0 Å². The Morgan fingerprint density at radius 2 is 2.00 bits per heavy atom. The number of aliphatic imine (C=N–C) groups is 1. The van der Waals surface area contributed by atoms with Crippen LogP contribution in [-0.4, -0.2) is 50.6 Å². The molecule has 0 spiro atoms. The number of methoxy groups -OCH3 is 1. The van der Waals surface area contributed by atoms with Crippen LogP contribution in [0.2, 0.25) is 0 Å². The lowest BCUT2D eigenvalue weighted by molar-refractivity contribution is -0.120. The number of hydrogen-bond acceptors (Lipinski definition) is 3. The van der Waals surface area contributed by atoms with Crippen LogP contribution < -0.4 is 15.4 Å². The minimum atomic E-state index is -0.0418. The molecule has 152 valence electrons. The largest absolute Gasteiger partial charge is 0.497 e. The standard InChI is InChI=1S/C20H32N4O2.HI/c1-15(2)11-17-9-10-24(14-17)20(21-3)23-13-19(25)22-12-16-5-7-18(26-4)8-6-16;/h5-8,15,17H,9-14H2,1-4H3,(H,21,23)(H,22,25);1H. The van der Waals surface area contributed by atoms with E-state index in [-0.39, 0.29) is 36.4 Å². The first kappa shape index (κ1) is 23.5. The maximum absolute atomic E-state index is 12.1. The van der Waals surface area contributed by atoms with Gasteiger partial charge in [0.1, 0.15) is 5.75 Å². The van der Waals surface area contributed by atoms with E-state index in [0.29, 0.717) is 6.54 Å². The Labute approximate surface area is 180 Å². The van der Waals surface area contributed by atoms with E-state index in [1.807, 2.05) is 24.3 Å². The average molecular weight is 488 g/mol. The summed E-state index contributed by atoms with van der Waals surface area (Å²) < 4.78 is 5.13. The smallest absolute Gasteiger partial charge is 0.239 e. The van der Waals surface area contributed by atoms with Gasteiger partial charge >= 0.3 is 0 Å². The van der Waals surface area contributed by atoms with Gasteiger partial charge in [0.25, 0.3) is 0 Å². The van der Waals surface area contributed by atoms with Crippen molar-refractivity contribution in [3.05, 3.63) is 29.8 Å². The van der Waals surface area contributed by atoms with E-state index in [1.54, 1.807) is 14.2 Å². The summed E-state index contributed by atoms with van der Waals surface area (Å²) in [6.07, 6.45) is 2.44. The van der Waals surface area contributed by atoms with E-state index < -0.39 is 0 Å². The third-order valence-corrected chi connectivity index (χ3v) is 4.66. The van der Waals surface area contributed by atoms with Gasteiger partial charge < -0.3 is 20.3 Å². The molecule has 1 aliphatic rings. The predicted octanol–water partition coefficient (Wildman–Crippen LogP) is 2.87. The molecule has 0 radical (unpaired) electrons. The van der Waals surface area contributed by atoms with Crippen LogP contribution in [0, 0.1) is 11.8 Å². The zero-order valence-electron chi connectivity index (χ0n) is 16.8. The molecule has 6 nitrogen and oxygen atoms in total. The molecule has 0 bridgehead atoms. The number of hydrogen-bond donors (Lipinski definition) is 2. The summed E-state index contributed by atoms with van der Waals surface area (Å²) in [7, 11) is 3.41. The molecule has 2 rings (SSSR count). The zero-order valence-corrected chi connectivity index (χ0v) is 19.2. The fraction of sp³-hybridized carbons (Fsp3) is 0.600. The quantitative estimate of drug-likeness (QED) is 0.352. The molecule has 2 N–H and O–H groups in total. The van der Waals surface area contributed by atoms with E-state index in [0.717, 1.165) is 42.2 Å². The predicted molar refractivity (Wildman–Crippen MR) is 121 cm³/mol. The van der Waals surface area contributed by atoms with Gasteiger partial charge in [-0.1, -0.05) is 26.0 Å². The highest BCUT2D eigenvalue weighted by Gasteiger charge is 2.25. The van der Waals surface area contributed by atoms with Gasteiger partial charge in [0.2, 0.25) is 5.91 Å². The van der Waals surface area contributed by atoms with Crippen molar-refractivity contribution in [3.8, 4) is 5.75 Å². The number of benzene rings is 1. The second-order valence-electron chi connectivity index (χ2n) is 7.26. The molecule has 0 aliphatic carbocycles. The SMILES string of the molecule is CN=C(NCC(=O)NCc1ccc(OC)cc1)N1CCC(CC(C)C)C1.I. The third kappa shape index (κ3) is 7.94. The van der Waals surface area contributed by atoms with Gasteiger partial charge in [0, 0.05) is 26.7 Å². The number of carbonyl (C=O) groups is 1. The summed E-state index contributed by atoms with van der Waals surface area (Å²) in [6.45, 7) is 7.29. The van der Waals surface area contributed by atoms with Crippen LogP contribution in [0.15, 0.2) is 29.3 Å². The molecule has 1 aromatic carbocycles. The lowest BCUT2D eigenvalue weighted by Crippen LogP contribution is -2.44. The normalized spacial score (nSPS) is 16.9. The molecule has 1 heterocycles. The Morgan fingerprint density at radius 1 is 1.30 bits per heavy atom. The highest BCUT2D eigenvalue weighted by Crippen LogP contribution is 2.23. The number of guanidine groups is 1. The Bertz CT molecular complexity index is 605. The molecule has 7 heteroatoms. The molecule has 1 aromatic rings. The van der Waals surface area contributed by atoms with E-state index in [4.69, 9.17) is 4.74 Å². The number of halogens is 1. The molecule has 27 heavy (non-hydrogen) atoms. The van der Waals surface area contributed by atoms with Crippen molar-refractivity contribution in [2.24, 2.45) is 16.8 Å². The van der Waals surface area contributed by atoms with Crippen molar-refractivity contribution in [1.29, 1.82) is 0 Å². The van der Waals surface area contributed by atoms with Gasteiger partial charge in [-0.15, -0.1) is 24.0 Å². The van der Waals surface area contributed by atoms with Gasteiger partial charge in [-0.05, 0) is 42.4 Å². The minimum absolute atomic E-state index is 0. The second-order valence-corrected chi connectivity index (χ2v) is 7.26. The summed E-state index contributed by atoms with van der Waals surface area (Å²) in [6, 6.07) is 7.68. The molecule has 1 aliphatic heterocycles. The number of rotatable bonds is 7. The molecule has 0 saturated carbocycles. The third-order valence-electron chi connectivity index (χ3n) is 4.66. The molecule has 1 amide bonds. The highest BCUT2D eigenvalue weighted by molar-refractivity contribution is 14.0. The number of likely N-dealkylation sites (tertiary alicyclic amines) is 1. The van der Waals surface area contributed by atoms with Crippen LogP contribution in [-0.2, 0) is 11.3 Å². The maximum Gasteiger partial charge on any atom is 0.239 e.